The molecule has 0 aromatic heterocycles. The smallest absolute Gasteiger partial charge is 0.0973 e. The third-order valence-corrected chi connectivity index (χ3v) is 4.56. The second-order valence-corrected chi connectivity index (χ2v) is 6.04. The molecule has 22 heavy (non-hydrogen) atoms. The Hall–Kier alpha value is -2.50. The van der Waals surface area contributed by atoms with Crippen molar-refractivity contribution in [2.45, 2.75) is 15.7 Å². The highest BCUT2D eigenvalue weighted by atomic mass is 32.2. The molecule has 0 saturated carbocycles. The minimum Gasteiger partial charge on any atom is -0.197 e. The summed E-state index contributed by atoms with van der Waals surface area (Å²) in [5.74, 6) is -0.242. The average molecular weight is 301 g/mol. The van der Waals surface area contributed by atoms with Crippen molar-refractivity contribution in [3.63, 3.8) is 0 Å². The predicted octanol–water partition coefficient (Wildman–Crippen LogP) is 5.49. The van der Waals surface area contributed by atoms with Gasteiger partial charge in [0.05, 0.1) is 12.0 Å². The highest BCUT2D eigenvalue weighted by Crippen LogP contribution is 2.36. The molecule has 0 aliphatic heterocycles. The van der Waals surface area contributed by atoms with E-state index in [0.29, 0.717) is 0 Å². The molecule has 1 atom stereocenters. The van der Waals surface area contributed by atoms with E-state index < -0.39 is 0 Å². The Kier molecular flexibility index (Phi) is 4.58. The molecule has 0 bridgehead atoms. The van der Waals surface area contributed by atoms with Crippen molar-refractivity contribution in [3.8, 4) is 6.07 Å². The number of hydrogen-bond donors (Lipinski definition) is 0. The van der Waals surface area contributed by atoms with Crippen LogP contribution in [0.1, 0.15) is 17.0 Å². The fraction of sp³-hybridized carbons (Fsp3) is 0.0500. The molecule has 2 heteroatoms. The maximum atomic E-state index is 9.66. The third-order valence-electron chi connectivity index (χ3n) is 3.46. The van der Waals surface area contributed by atoms with E-state index >= 15 is 0 Å². The summed E-state index contributed by atoms with van der Waals surface area (Å²) in [5.41, 5.74) is 2.09. The van der Waals surface area contributed by atoms with E-state index in [1.807, 2.05) is 66.7 Å². The van der Waals surface area contributed by atoms with Gasteiger partial charge in [0.2, 0.25) is 0 Å². The van der Waals surface area contributed by atoms with Crippen LogP contribution in [0.5, 0.6) is 0 Å². The van der Waals surface area contributed by atoms with Gasteiger partial charge in [0, 0.05) is 9.79 Å². The zero-order valence-electron chi connectivity index (χ0n) is 12.0. The van der Waals surface area contributed by atoms with Crippen LogP contribution in [0.25, 0.3) is 0 Å². The number of hydrogen-bond acceptors (Lipinski definition) is 2. The standard InChI is InChI=1S/C20H15NS/c21-15-19(16-9-3-1-4-10-16)18-13-7-8-14-20(18)22-17-11-5-2-6-12-17/h1-14,19H/t19-/m0/s1. The fourth-order valence-electron chi connectivity index (χ4n) is 2.40. The molecule has 0 amide bonds. The first kappa shape index (κ1) is 14.4. The largest absolute Gasteiger partial charge is 0.197 e. The van der Waals surface area contributed by atoms with Gasteiger partial charge in [-0.25, -0.2) is 0 Å². The number of nitriles is 1. The number of nitrogens with zero attached hydrogens (tertiary/aromatic N) is 1. The van der Waals surface area contributed by atoms with E-state index in [4.69, 9.17) is 0 Å². The van der Waals surface area contributed by atoms with Crippen LogP contribution in [0.3, 0.4) is 0 Å². The summed E-state index contributed by atoms with van der Waals surface area (Å²) < 4.78 is 0. The first-order chi connectivity index (χ1) is 10.9. The van der Waals surface area contributed by atoms with Crippen LogP contribution in [-0.2, 0) is 0 Å². The van der Waals surface area contributed by atoms with Gasteiger partial charge in [-0.1, -0.05) is 78.5 Å². The van der Waals surface area contributed by atoms with Crippen molar-refractivity contribution < 1.29 is 0 Å². The van der Waals surface area contributed by atoms with E-state index in [-0.39, 0.29) is 5.92 Å². The average Bonchev–Trinajstić information content (AvgIpc) is 2.59. The molecule has 0 aliphatic rings. The minimum atomic E-state index is -0.242. The zero-order valence-corrected chi connectivity index (χ0v) is 12.8. The monoisotopic (exact) mass is 301 g/mol. The lowest BCUT2D eigenvalue weighted by molar-refractivity contribution is 0.998. The van der Waals surface area contributed by atoms with E-state index in [1.165, 1.54) is 4.90 Å². The fourth-order valence-corrected chi connectivity index (χ4v) is 3.39. The second kappa shape index (κ2) is 6.98. The topological polar surface area (TPSA) is 23.8 Å². The summed E-state index contributed by atoms with van der Waals surface area (Å²) in [6.45, 7) is 0. The molecule has 1 nitrogen and oxygen atoms in total. The molecule has 0 saturated heterocycles. The lowest BCUT2D eigenvalue weighted by Gasteiger charge is -2.14. The third kappa shape index (κ3) is 3.21. The molecule has 3 rings (SSSR count). The van der Waals surface area contributed by atoms with Crippen molar-refractivity contribution >= 4 is 11.8 Å². The molecule has 106 valence electrons. The van der Waals surface area contributed by atoms with E-state index in [0.717, 1.165) is 16.0 Å². The van der Waals surface area contributed by atoms with Gasteiger partial charge >= 0.3 is 0 Å². The minimum absolute atomic E-state index is 0.242. The Labute approximate surface area is 135 Å². The van der Waals surface area contributed by atoms with Crippen molar-refractivity contribution in [1.29, 1.82) is 5.26 Å². The summed E-state index contributed by atoms with van der Waals surface area (Å²) >= 11 is 1.70. The van der Waals surface area contributed by atoms with Crippen LogP contribution in [0.4, 0.5) is 0 Å². The van der Waals surface area contributed by atoms with Crippen LogP contribution >= 0.6 is 11.8 Å². The van der Waals surface area contributed by atoms with Gasteiger partial charge in [0.15, 0.2) is 0 Å². The van der Waals surface area contributed by atoms with Gasteiger partial charge in [-0.2, -0.15) is 5.26 Å². The molecule has 3 aromatic rings. The van der Waals surface area contributed by atoms with Gasteiger partial charge in [-0.3, -0.25) is 0 Å². The van der Waals surface area contributed by atoms with Crippen LogP contribution in [-0.4, -0.2) is 0 Å². The van der Waals surface area contributed by atoms with Crippen LogP contribution < -0.4 is 0 Å². The van der Waals surface area contributed by atoms with Gasteiger partial charge < -0.3 is 0 Å². The molecule has 0 heterocycles. The highest BCUT2D eigenvalue weighted by Gasteiger charge is 2.17. The van der Waals surface area contributed by atoms with Crippen molar-refractivity contribution in [2.75, 3.05) is 0 Å². The molecule has 0 spiro atoms. The molecule has 0 unspecified atom stereocenters. The number of rotatable bonds is 4. The summed E-state index contributed by atoms with van der Waals surface area (Å²) in [6.07, 6.45) is 0. The SMILES string of the molecule is N#C[C@@H](c1ccccc1)c1ccccc1Sc1ccccc1. The Bertz CT molecular complexity index is 776. The van der Waals surface area contributed by atoms with Gasteiger partial charge in [0.25, 0.3) is 0 Å². The van der Waals surface area contributed by atoms with Crippen molar-refractivity contribution in [1.82, 2.24) is 0 Å². The van der Waals surface area contributed by atoms with Crippen molar-refractivity contribution in [3.05, 3.63) is 96.1 Å². The quantitative estimate of drug-likeness (QED) is 0.636. The van der Waals surface area contributed by atoms with Crippen LogP contribution in [0.15, 0.2) is 94.7 Å². The maximum absolute atomic E-state index is 9.66. The molecule has 0 N–H and O–H groups in total. The van der Waals surface area contributed by atoms with E-state index in [9.17, 15) is 5.26 Å². The molecular formula is C20H15NS. The lowest BCUT2D eigenvalue weighted by atomic mass is 9.93. The summed E-state index contributed by atoms with van der Waals surface area (Å²) in [4.78, 5) is 2.31. The summed E-state index contributed by atoms with van der Waals surface area (Å²) in [5, 5.41) is 9.66. The summed E-state index contributed by atoms with van der Waals surface area (Å²) in [7, 11) is 0. The second-order valence-electron chi connectivity index (χ2n) is 4.93. The molecule has 0 aliphatic carbocycles. The zero-order chi connectivity index (χ0) is 15.2. The van der Waals surface area contributed by atoms with Gasteiger partial charge in [0.1, 0.15) is 0 Å². The van der Waals surface area contributed by atoms with E-state index in [2.05, 4.69) is 24.3 Å². The molecule has 3 aromatic carbocycles. The Morgan fingerprint density at radius 3 is 2.00 bits per heavy atom. The Balaban J connectivity index is 1.99. The molecule has 0 radical (unpaired) electrons. The Morgan fingerprint density at radius 2 is 1.32 bits per heavy atom. The maximum Gasteiger partial charge on any atom is 0.0973 e. The first-order valence-corrected chi connectivity index (χ1v) is 7.96. The molecular weight excluding hydrogens is 286 g/mol. The molecule has 0 fully saturated rings. The normalized spacial score (nSPS) is 11.6. The van der Waals surface area contributed by atoms with Gasteiger partial charge in [-0.15, -0.1) is 0 Å². The van der Waals surface area contributed by atoms with Crippen LogP contribution in [0, 0.1) is 11.3 Å². The van der Waals surface area contributed by atoms with Crippen LogP contribution in [0.2, 0.25) is 0 Å². The Morgan fingerprint density at radius 1 is 0.727 bits per heavy atom. The van der Waals surface area contributed by atoms with Gasteiger partial charge in [-0.05, 0) is 29.3 Å². The lowest BCUT2D eigenvalue weighted by Crippen LogP contribution is -1.99. The number of benzene rings is 3. The van der Waals surface area contributed by atoms with Crippen molar-refractivity contribution in [2.24, 2.45) is 0 Å². The highest BCUT2D eigenvalue weighted by molar-refractivity contribution is 7.99. The predicted molar refractivity (Wildman–Crippen MR) is 90.9 cm³/mol. The van der Waals surface area contributed by atoms with E-state index in [1.54, 1.807) is 11.8 Å². The first-order valence-electron chi connectivity index (χ1n) is 7.15. The summed E-state index contributed by atoms with van der Waals surface area (Å²) in [6, 6.07) is 30.8.